The summed E-state index contributed by atoms with van der Waals surface area (Å²) in [5.41, 5.74) is 5.73. The van der Waals surface area contributed by atoms with Crippen LogP contribution >= 0.6 is 15.9 Å². The minimum Gasteiger partial charge on any atom is -0.491 e. The number of amides is 1. The van der Waals surface area contributed by atoms with Crippen LogP contribution in [-0.2, 0) is 0 Å². The zero-order valence-electron chi connectivity index (χ0n) is 11.8. The van der Waals surface area contributed by atoms with Crippen LogP contribution < -0.4 is 15.8 Å². The molecule has 1 aromatic carbocycles. The number of carbonyl (C=O) groups excluding carboxylic acids is 1. The molecule has 5 heteroatoms. The van der Waals surface area contributed by atoms with E-state index in [0.29, 0.717) is 17.9 Å². The van der Waals surface area contributed by atoms with Gasteiger partial charge in [0.15, 0.2) is 0 Å². The summed E-state index contributed by atoms with van der Waals surface area (Å²) in [6, 6.07) is 5.33. The van der Waals surface area contributed by atoms with E-state index in [9.17, 15) is 4.79 Å². The fourth-order valence-corrected chi connectivity index (χ4v) is 1.94. The number of nitrogens with two attached hydrogens (primary N) is 1. The van der Waals surface area contributed by atoms with Gasteiger partial charge in [0.1, 0.15) is 5.75 Å². The molecule has 0 aliphatic rings. The Labute approximate surface area is 122 Å². The maximum Gasteiger partial charge on any atom is 0.251 e. The van der Waals surface area contributed by atoms with E-state index >= 15 is 0 Å². The summed E-state index contributed by atoms with van der Waals surface area (Å²) < 4.78 is 6.41. The van der Waals surface area contributed by atoms with Crippen molar-refractivity contribution in [3.05, 3.63) is 28.2 Å². The topological polar surface area (TPSA) is 64.3 Å². The van der Waals surface area contributed by atoms with Crippen LogP contribution in [-0.4, -0.2) is 24.1 Å². The molecule has 0 radical (unpaired) electrons. The lowest BCUT2D eigenvalue weighted by molar-refractivity contribution is 0.0915. The SMILES string of the molecule is CC(C)Oc1cc(Br)cc(C(=O)NC(C)(C)CN)c1. The van der Waals surface area contributed by atoms with E-state index in [-0.39, 0.29) is 12.0 Å². The van der Waals surface area contributed by atoms with Crippen LogP contribution in [0.5, 0.6) is 5.75 Å². The molecule has 0 heterocycles. The van der Waals surface area contributed by atoms with Crippen LogP contribution in [0.4, 0.5) is 0 Å². The molecule has 0 aliphatic carbocycles. The van der Waals surface area contributed by atoms with Crippen molar-refractivity contribution in [2.24, 2.45) is 5.73 Å². The smallest absolute Gasteiger partial charge is 0.251 e. The molecule has 0 aliphatic heterocycles. The Balaban J connectivity index is 2.94. The average Bonchev–Trinajstić information content (AvgIpc) is 2.26. The summed E-state index contributed by atoms with van der Waals surface area (Å²) in [6.45, 7) is 8.03. The van der Waals surface area contributed by atoms with E-state index in [0.717, 1.165) is 4.47 Å². The number of nitrogens with one attached hydrogen (secondary N) is 1. The quantitative estimate of drug-likeness (QED) is 0.873. The van der Waals surface area contributed by atoms with Crippen LogP contribution in [0, 0.1) is 0 Å². The van der Waals surface area contributed by atoms with E-state index < -0.39 is 5.54 Å². The molecule has 0 spiro atoms. The van der Waals surface area contributed by atoms with Crippen molar-refractivity contribution in [3.8, 4) is 5.75 Å². The van der Waals surface area contributed by atoms with Crippen molar-refractivity contribution in [3.63, 3.8) is 0 Å². The second-order valence-electron chi connectivity index (χ2n) is 5.38. The lowest BCUT2D eigenvalue weighted by Crippen LogP contribution is -2.48. The number of ether oxygens (including phenoxy) is 1. The standard InChI is InChI=1S/C14H21BrN2O2/c1-9(2)19-12-6-10(5-11(15)7-12)13(18)17-14(3,4)8-16/h5-7,9H,8,16H2,1-4H3,(H,17,18). The maximum absolute atomic E-state index is 12.2. The first-order valence-electron chi connectivity index (χ1n) is 6.23. The molecule has 1 amide bonds. The van der Waals surface area contributed by atoms with Gasteiger partial charge in [-0.25, -0.2) is 0 Å². The summed E-state index contributed by atoms with van der Waals surface area (Å²) in [7, 11) is 0. The molecule has 1 rings (SSSR count). The largest absolute Gasteiger partial charge is 0.491 e. The highest BCUT2D eigenvalue weighted by Gasteiger charge is 2.20. The average molecular weight is 329 g/mol. The van der Waals surface area contributed by atoms with Crippen molar-refractivity contribution in [2.75, 3.05) is 6.54 Å². The van der Waals surface area contributed by atoms with Gasteiger partial charge in [-0.15, -0.1) is 0 Å². The molecule has 3 N–H and O–H groups in total. The van der Waals surface area contributed by atoms with Crippen molar-refractivity contribution in [2.45, 2.75) is 39.3 Å². The number of benzene rings is 1. The van der Waals surface area contributed by atoms with Crippen LogP contribution in [0.1, 0.15) is 38.1 Å². The minimum atomic E-state index is -0.432. The Kier molecular flexibility index (Phi) is 5.38. The Bertz CT molecular complexity index is 459. The lowest BCUT2D eigenvalue weighted by Gasteiger charge is -2.24. The zero-order valence-corrected chi connectivity index (χ0v) is 13.4. The van der Waals surface area contributed by atoms with Gasteiger partial charge in [0, 0.05) is 22.1 Å². The Morgan fingerprint density at radius 2 is 2.05 bits per heavy atom. The van der Waals surface area contributed by atoms with E-state index in [1.54, 1.807) is 12.1 Å². The fraction of sp³-hybridized carbons (Fsp3) is 0.500. The van der Waals surface area contributed by atoms with Crippen molar-refractivity contribution >= 4 is 21.8 Å². The first kappa shape index (κ1) is 16.0. The van der Waals surface area contributed by atoms with Gasteiger partial charge in [-0.2, -0.15) is 0 Å². The highest BCUT2D eigenvalue weighted by Crippen LogP contribution is 2.22. The maximum atomic E-state index is 12.2. The van der Waals surface area contributed by atoms with Crippen LogP contribution in [0.25, 0.3) is 0 Å². The number of hydrogen-bond donors (Lipinski definition) is 2. The number of rotatable bonds is 5. The molecular weight excluding hydrogens is 308 g/mol. The predicted octanol–water partition coefficient (Wildman–Crippen LogP) is 2.70. The second kappa shape index (κ2) is 6.39. The van der Waals surface area contributed by atoms with Gasteiger partial charge in [-0.3, -0.25) is 4.79 Å². The highest BCUT2D eigenvalue weighted by molar-refractivity contribution is 9.10. The molecule has 0 fully saturated rings. The summed E-state index contributed by atoms with van der Waals surface area (Å²) in [4.78, 5) is 12.2. The Morgan fingerprint density at radius 3 is 2.58 bits per heavy atom. The van der Waals surface area contributed by atoms with Crippen LogP contribution in [0.15, 0.2) is 22.7 Å². The summed E-state index contributed by atoms with van der Waals surface area (Å²) >= 11 is 3.38. The highest BCUT2D eigenvalue weighted by atomic mass is 79.9. The molecule has 0 atom stereocenters. The molecule has 1 aromatic rings. The van der Waals surface area contributed by atoms with E-state index in [4.69, 9.17) is 10.5 Å². The second-order valence-corrected chi connectivity index (χ2v) is 6.30. The fourth-order valence-electron chi connectivity index (χ4n) is 1.46. The third-order valence-corrected chi connectivity index (χ3v) is 2.93. The van der Waals surface area contributed by atoms with Gasteiger partial charge in [0.25, 0.3) is 5.91 Å². The number of hydrogen-bond acceptors (Lipinski definition) is 3. The van der Waals surface area contributed by atoms with Gasteiger partial charge in [-0.1, -0.05) is 15.9 Å². The van der Waals surface area contributed by atoms with Crippen molar-refractivity contribution < 1.29 is 9.53 Å². The number of halogens is 1. The van der Waals surface area contributed by atoms with Crippen molar-refractivity contribution in [1.82, 2.24) is 5.32 Å². The molecule has 4 nitrogen and oxygen atoms in total. The van der Waals surface area contributed by atoms with Crippen molar-refractivity contribution in [1.29, 1.82) is 0 Å². The van der Waals surface area contributed by atoms with Gasteiger partial charge >= 0.3 is 0 Å². The molecule has 106 valence electrons. The third-order valence-electron chi connectivity index (χ3n) is 2.47. The first-order chi connectivity index (χ1) is 8.73. The van der Waals surface area contributed by atoms with E-state index in [1.807, 2.05) is 33.8 Å². The third kappa shape index (κ3) is 5.20. The monoisotopic (exact) mass is 328 g/mol. The first-order valence-corrected chi connectivity index (χ1v) is 7.02. The molecule has 0 bridgehead atoms. The molecule has 0 unspecified atom stereocenters. The van der Waals surface area contributed by atoms with Crippen LogP contribution in [0.3, 0.4) is 0 Å². The normalized spacial score (nSPS) is 11.5. The molecular formula is C14H21BrN2O2. The van der Waals surface area contributed by atoms with Crippen LogP contribution in [0.2, 0.25) is 0 Å². The summed E-state index contributed by atoms with van der Waals surface area (Å²) in [5.74, 6) is 0.505. The number of carbonyl (C=O) groups is 1. The minimum absolute atomic E-state index is 0.0608. The summed E-state index contributed by atoms with van der Waals surface area (Å²) in [6.07, 6.45) is 0.0608. The lowest BCUT2D eigenvalue weighted by atomic mass is 10.1. The van der Waals surface area contributed by atoms with Gasteiger partial charge in [0.2, 0.25) is 0 Å². The van der Waals surface area contributed by atoms with E-state index in [1.165, 1.54) is 0 Å². The Morgan fingerprint density at radius 1 is 1.42 bits per heavy atom. The molecule has 0 saturated carbocycles. The van der Waals surface area contributed by atoms with Gasteiger partial charge in [-0.05, 0) is 45.9 Å². The summed E-state index contributed by atoms with van der Waals surface area (Å²) in [5, 5.41) is 2.89. The molecule has 19 heavy (non-hydrogen) atoms. The van der Waals surface area contributed by atoms with Gasteiger partial charge < -0.3 is 15.8 Å². The zero-order chi connectivity index (χ0) is 14.6. The van der Waals surface area contributed by atoms with Gasteiger partial charge in [0.05, 0.1) is 6.10 Å². The molecule has 0 aromatic heterocycles. The molecule has 0 saturated heterocycles. The Hall–Kier alpha value is -1.07. The predicted molar refractivity (Wildman–Crippen MR) is 80.5 cm³/mol. The van der Waals surface area contributed by atoms with E-state index in [2.05, 4.69) is 21.2 Å².